The molecule has 1 amide bonds. The second kappa shape index (κ2) is 7.64. The number of nitrogens with one attached hydrogen (secondary N) is 1. The average molecular weight is 423 g/mol. The zero-order chi connectivity index (χ0) is 20.5. The minimum atomic E-state index is -0.311. The van der Waals surface area contributed by atoms with Gasteiger partial charge in [0.2, 0.25) is 17.9 Å². The Morgan fingerprint density at radius 3 is 2.77 bits per heavy atom. The summed E-state index contributed by atoms with van der Waals surface area (Å²) in [6, 6.07) is 14.8. The van der Waals surface area contributed by atoms with Gasteiger partial charge in [-0.1, -0.05) is 11.8 Å². The Labute approximate surface area is 174 Å². The van der Waals surface area contributed by atoms with Gasteiger partial charge in [0.1, 0.15) is 5.82 Å². The number of aromatic nitrogens is 4. The average Bonchev–Trinajstić information content (AvgIpc) is 3.38. The minimum Gasteiger partial charge on any atom is -0.454 e. The topological polar surface area (TPSA) is 90.6 Å². The molecule has 0 unspecified atom stereocenters. The number of amides is 1. The SMILES string of the molecule is O=C(CSc1nnc2ccc(-c3ccc(F)cc3)nn12)Nc1ccc2c(c1)OCO2. The Bertz CT molecular complexity index is 1250. The van der Waals surface area contributed by atoms with Crippen LogP contribution in [0, 0.1) is 5.82 Å². The van der Waals surface area contributed by atoms with E-state index in [1.807, 2.05) is 0 Å². The lowest BCUT2D eigenvalue weighted by Gasteiger charge is -2.06. The van der Waals surface area contributed by atoms with Crippen LogP contribution in [0.25, 0.3) is 16.9 Å². The van der Waals surface area contributed by atoms with Crippen LogP contribution in [0.5, 0.6) is 11.5 Å². The van der Waals surface area contributed by atoms with Crippen molar-refractivity contribution >= 4 is 29.0 Å². The number of carbonyl (C=O) groups excluding carboxylic acids is 1. The first-order valence-electron chi connectivity index (χ1n) is 8.96. The molecule has 2 aromatic heterocycles. The van der Waals surface area contributed by atoms with Crippen molar-refractivity contribution in [3.8, 4) is 22.8 Å². The molecule has 3 heterocycles. The summed E-state index contributed by atoms with van der Waals surface area (Å²) in [5.74, 6) is 0.860. The van der Waals surface area contributed by atoms with E-state index in [0.717, 1.165) is 5.56 Å². The predicted molar refractivity (Wildman–Crippen MR) is 108 cm³/mol. The summed E-state index contributed by atoms with van der Waals surface area (Å²) >= 11 is 1.21. The highest BCUT2D eigenvalue weighted by Crippen LogP contribution is 2.34. The molecule has 0 spiro atoms. The van der Waals surface area contributed by atoms with Crippen molar-refractivity contribution in [1.82, 2.24) is 19.8 Å². The number of ether oxygens (including phenoxy) is 2. The third kappa shape index (κ3) is 3.64. The quantitative estimate of drug-likeness (QED) is 0.492. The predicted octanol–water partition coefficient (Wildman–Crippen LogP) is 3.39. The molecule has 150 valence electrons. The van der Waals surface area contributed by atoms with Crippen LogP contribution in [-0.4, -0.2) is 38.3 Å². The van der Waals surface area contributed by atoms with E-state index in [-0.39, 0.29) is 24.3 Å². The van der Waals surface area contributed by atoms with Crippen LogP contribution in [0.2, 0.25) is 0 Å². The van der Waals surface area contributed by atoms with Gasteiger partial charge in [-0.3, -0.25) is 4.79 Å². The van der Waals surface area contributed by atoms with Gasteiger partial charge < -0.3 is 14.8 Å². The second-order valence-corrected chi connectivity index (χ2v) is 7.33. The monoisotopic (exact) mass is 423 g/mol. The van der Waals surface area contributed by atoms with Crippen molar-refractivity contribution in [2.45, 2.75) is 5.16 Å². The van der Waals surface area contributed by atoms with Crippen LogP contribution in [0.15, 0.2) is 59.8 Å². The number of halogens is 1. The highest BCUT2D eigenvalue weighted by atomic mass is 32.2. The van der Waals surface area contributed by atoms with Crippen LogP contribution in [0.1, 0.15) is 0 Å². The molecule has 0 atom stereocenters. The number of hydrogen-bond acceptors (Lipinski definition) is 7. The Morgan fingerprint density at radius 1 is 1.07 bits per heavy atom. The van der Waals surface area contributed by atoms with Crippen molar-refractivity contribution in [3.63, 3.8) is 0 Å². The summed E-state index contributed by atoms with van der Waals surface area (Å²) in [7, 11) is 0. The Morgan fingerprint density at radius 2 is 1.90 bits per heavy atom. The van der Waals surface area contributed by atoms with Gasteiger partial charge in [-0.2, -0.15) is 9.61 Å². The van der Waals surface area contributed by atoms with E-state index in [2.05, 4.69) is 20.6 Å². The van der Waals surface area contributed by atoms with E-state index >= 15 is 0 Å². The Kier molecular flexibility index (Phi) is 4.68. The minimum absolute atomic E-state index is 0.123. The molecular weight excluding hydrogens is 409 g/mol. The first kappa shape index (κ1) is 18.4. The summed E-state index contributed by atoms with van der Waals surface area (Å²) in [5, 5.41) is 16.0. The summed E-state index contributed by atoms with van der Waals surface area (Å²) in [5.41, 5.74) is 2.59. The van der Waals surface area contributed by atoms with Gasteiger partial charge >= 0.3 is 0 Å². The van der Waals surface area contributed by atoms with Gasteiger partial charge in [0, 0.05) is 17.3 Å². The van der Waals surface area contributed by atoms with E-state index in [9.17, 15) is 9.18 Å². The molecule has 1 N–H and O–H groups in total. The fraction of sp³-hybridized carbons (Fsp3) is 0.100. The fourth-order valence-corrected chi connectivity index (χ4v) is 3.62. The van der Waals surface area contributed by atoms with Gasteiger partial charge in [-0.25, -0.2) is 4.39 Å². The zero-order valence-corrected chi connectivity index (χ0v) is 16.2. The van der Waals surface area contributed by atoms with Crippen LogP contribution >= 0.6 is 11.8 Å². The number of nitrogens with zero attached hydrogens (tertiary/aromatic N) is 4. The smallest absolute Gasteiger partial charge is 0.234 e. The lowest BCUT2D eigenvalue weighted by molar-refractivity contribution is -0.113. The molecule has 10 heteroatoms. The molecule has 0 aliphatic carbocycles. The molecule has 4 aromatic rings. The maximum atomic E-state index is 13.2. The Hall–Kier alpha value is -3.66. The maximum Gasteiger partial charge on any atom is 0.234 e. The van der Waals surface area contributed by atoms with E-state index in [4.69, 9.17) is 9.47 Å². The van der Waals surface area contributed by atoms with Crippen molar-refractivity contribution < 1.29 is 18.7 Å². The van der Waals surface area contributed by atoms with Crippen LogP contribution in [-0.2, 0) is 4.79 Å². The summed E-state index contributed by atoms with van der Waals surface area (Å²) < 4.78 is 25.3. The van der Waals surface area contributed by atoms with Gasteiger partial charge in [0.05, 0.1) is 11.4 Å². The van der Waals surface area contributed by atoms with Gasteiger partial charge in [-0.05, 0) is 48.5 Å². The molecule has 0 saturated heterocycles. The first-order valence-corrected chi connectivity index (χ1v) is 9.95. The van der Waals surface area contributed by atoms with Gasteiger partial charge in [0.15, 0.2) is 17.1 Å². The lowest BCUT2D eigenvalue weighted by Crippen LogP contribution is -2.14. The van der Waals surface area contributed by atoms with Crippen molar-refractivity contribution in [3.05, 3.63) is 60.4 Å². The Balaban J connectivity index is 1.29. The molecule has 0 fully saturated rings. The molecule has 0 bridgehead atoms. The van der Waals surface area contributed by atoms with Gasteiger partial charge in [-0.15, -0.1) is 10.2 Å². The van der Waals surface area contributed by atoms with Crippen molar-refractivity contribution in [2.75, 3.05) is 17.9 Å². The van der Waals surface area contributed by atoms with Crippen LogP contribution in [0.4, 0.5) is 10.1 Å². The molecule has 0 saturated carbocycles. The number of thioether (sulfide) groups is 1. The number of anilines is 1. The molecule has 2 aromatic carbocycles. The van der Waals surface area contributed by atoms with Crippen molar-refractivity contribution in [1.29, 1.82) is 0 Å². The number of hydrogen-bond donors (Lipinski definition) is 1. The van der Waals surface area contributed by atoms with E-state index in [1.54, 1.807) is 47.0 Å². The summed E-state index contributed by atoms with van der Waals surface area (Å²) in [6.45, 7) is 0.176. The normalized spacial score (nSPS) is 12.3. The standard InChI is InChI=1S/C20H14FN5O3S/c21-13-3-1-12(2-4-13)15-6-8-18-23-24-20(26(18)25-15)30-10-19(27)22-14-5-7-16-17(9-14)29-11-28-16/h1-9H,10-11H2,(H,22,27). The highest BCUT2D eigenvalue weighted by Gasteiger charge is 2.15. The molecule has 5 rings (SSSR count). The largest absolute Gasteiger partial charge is 0.454 e. The molecule has 0 radical (unpaired) electrons. The van der Waals surface area contributed by atoms with Gasteiger partial charge in [0.25, 0.3) is 0 Å². The van der Waals surface area contributed by atoms with E-state index < -0.39 is 0 Å². The maximum absolute atomic E-state index is 13.2. The number of fused-ring (bicyclic) bond motifs is 2. The molecule has 8 nitrogen and oxygen atoms in total. The number of benzene rings is 2. The van der Waals surface area contributed by atoms with Crippen LogP contribution in [0.3, 0.4) is 0 Å². The van der Waals surface area contributed by atoms with E-state index in [0.29, 0.717) is 33.7 Å². The third-order valence-corrected chi connectivity index (χ3v) is 5.28. The van der Waals surface area contributed by atoms with E-state index in [1.165, 1.54) is 23.9 Å². The first-order chi connectivity index (χ1) is 14.7. The van der Waals surface area contributed by atoms with Crippen molar-refractivity contribution in [2.24, 2.45) is 0 Å². The number of rotatable bonds is 5. The van der Waals surface area contributed by atoms with Crippen LogP contribution < -0.4 is 14.8 Å². The lowest BCUT2D eigenvalue weighted by atomic mass is 10.1. The third-order valence-electron chi connectivity index (χ3n) is 4.36. The molecule has 30 heavy (non-hydrogen) atoms. The zero-order valence-electron chi connectivity index (χ0n) is 15.4. The fourth-order valence-electron chi connectivity index (χ4n) is 2.94. The molecule has 1 aliphatic rings. The summed E-state index contributed by atoms with van der Waals surface area (Å²) in [6.07, 6.45) is 0. The molecule has 1 aliphatic heterocycles. The highest BCUT2D eigenvalue weighted by molar-refractivity contribution is 7.99. The second-order valence-electron chi connectivity index (χ2n) is 6.38. The number of carbonyl (C=O) groups is 1. The summed E-state index contributed by atoms with van der Waals surface area (Å²) in [4.78, 5) is 12.3. The molecular formula is C20H14FN5O3S.